The van der Waals surface area contributed by atoms with Crippen molar-refractivity contribution in [3.05, 3.63) is 59.1 Å². The second-order valence-corrected chi connectivity index (χ2v) is 8.41. The van der Waals surface area contributed by atoms with Crippen LogP contribution in [0.3, 0.4) is 0 Å². The third-order valence-corrected chi connectivity index (χ3v) is 5.78. The van der Waals surface area contributed by atoms with Crippen LogP contribution in [0.2, 0.25) is 0 Å². The SMILES string of the molecule is CCOC(=O)CN1C(=O)CC(C(=O)Nc2cccc(Br)c2)SC1=Nc1ccccc1. The Morgan fingerprint density at radius 2 is 2.00 bits per heavy atom. The number of amidine groups is 1. The first kappa shape index (κ1) is 22.0. The van der Waals surface area contributed by atoms with Gasteiger partial charge in [0.1, 0.15) is 11.8 Å². The largest absolute Gasteiger partial charge is 0.465 e. The molecule has 30 heavy (non-hydrogen) atoms. The molecule has 1 aliphatic rings. The van der Waals surface area contributed by atoms with E-state index in [9.17, 15) is 14.4 Å². The predicted octanol–water partition coefficient (Wildman–Crippen LogP) is 3.97. The smallest absolute Gasteiger partial charge is 0.326 e. The minimum Gasteiger partial charge on any atom is -0.465 e. The number of hydrogen-bond donors (Lipinski definition) is 1. The average Bonchev–Trinajstić information content (AvgIpc) is 2.71. The molecule has 1 N–H and O–H groups in total. The summed E-state index contributed by atoms with van der Waals surface area (Å²) >= 11 is 4.52. The Kier molecular flexibility index (Phi) is 7.64. The summed E-state index contributed by atoms with van der Waals surface area (Å²) in [6, 6.07) is 16.3. The van der Waals surface area contributed by atoms with Crippen molar-refractivity contribution >= 4 is 62.0 Å². The summed E-state index contributed by atoms with van der Waals surface area (Å²) in [6.07, 6.45) is -0.0439. The number of esters is 1. The van der Waals surface area contributed by atoms with Gasteiger partial charge in [0.25, 0.3) is 0 Å². The highest BCUT2D eigenvalue weighted by atomic mass is 79.9. The van der Waals surface area contributed by atoms with Gasteiger partial charge >= 0.3 is 5.97 Å². The molecule has 0 aliphatic carbocycles. The van der Waals surface area contributed by atoms with Crippen LogP contribution in [0.15, 0.2) is 64.1 Å². The van der Waals surface area contributed by atoms with Crippen LogP contribution in [0, 0.1) is 0 Å². The van der Waals surface area contributed by atoms with Crippen LogP contribution in [0.1, 0.15) is 13.3 Å². The monoisotopic (exact) mass is 489 g/mol. The molecule has 2 aromatic carbocycles. The van der Waals surface area contributed by atoms with Gasteiger partial charge in [0, 0.05) is 16.6 Å². The summed E-state index contributed by atoms with van der Waals surface area (Å²) in [5.74, 6) is -1.18. The van der Waals surface area contributed by atoms with Crippen LogP contribution >= 0.6 is 27.7 Å². The standard InChI is InChI=1S/C21H20BrN3O4S/c1-2-29-19(27)13-25-18(26)12-17(20(28)23-16-10-6-7-14(22)11-16)30-21(25)24-15-8-4-3-5-9-15/h3-11,17H,2,12-13H2,1H3,(H,23,28). The van der Waals surface area contributed by atoms with Crippen molar-refractivity contribution in [3.8, 4) is 0 Å². The number of anilines is 1. The first-order valence-corrected chi connectivity index (χ1v) is 11.0. The van der Waals surface area contributed by atoms with Crippen LogP contribution in [0.5, 0.6) is 0 Å². The lowest BCUT2D eigenvalue weighted by Crippen LogP contribution is -2.47. The van der Waals surface area contributed by atoms with E-state index in [1.54, 1.807) is 31.2 Å². The third-order valence-electron chi connectivity index (χ3n) is 4.10. The Morgan fingerprint density at radius 1 is 1.23 bits per heavy atom. The fourth-order valence-corrected chi connectivity index (χ4v) is 4.23. The quantitative estimate of drug-likeness (QED) is 0.620. The molecule has 0 bridgehead atoms. The van der Waals surface area contributed by atoms with Crippen molar-refractivity contribution in [1.82, 2.24) is 4.90 Å². The van der Waals surface area contributed by atoms with E-state index >= 15 is 0 Å². The molecule has 2 aromatic rings. The number of para-hydroxylation sites is 1. The number of benzene rings is 2. The van der Waals surface area contributed by atoms with Crippen LogP contribution in [0.4, 0.5) is 11.4 Å². The number of carbonyl (C=O) groups is 3. The Morgan fingerprint density at radius 3 is 2.70 bits per heavy atom. The molecule has 0 radical (unpaired) electrons. The number of rotatable bonds is 6. The van der Waals surface area contributed by atoms with Crippen molar-refractivity contribution in [2.75, 3.05) is 18.5 Å². The predicted molar refractivity (Wildman–Crippen MR) is 121 cm³/mol. The zero-order chi connectivity index (χ0) is 21.5. The normalized spacial score (nSPS) is 17.7. The lowest BCUT2D eigenvalue weighted by atomic mass is 10.2. The molecule has 1 aliphatic heterocycles. The highest BCUT2D eigenvalue weighted by molar-refractivity contribution is 9.10. The maximum atomic E-state index is 12.8. The van der Waals surface area contributed by atoms with Gasteiger partial charge in [-0.25, -0.2) is 4.99 Å². The van der Waals surface area contributed by atoms with E-state index < -0.39 is 11.2 Å². The summed E-state index contributed by atoms with van der Waals surface area (Å²) in [5, 5.41) is 2.45. The van der Waals surface area contributed by atoms with Crippen molar-refractivity contribution in [2.45, 2.75) is 18.6 Å². The number of carbonyl (C=O) groups excluding carboxylic acids is 3. The molecule has 1 heterocycles. The highest BCUT2D eigenvalue weighted by Crippen LogP contribution is 2.30. The Labute approximate surface area is 187 Å². The number of aliphatic imine (C=N–C) groups is 1. The van der Waals surface area contributed by atoms with Crippen LogP contribution < -0.4 is 5.32 Å². The minimum atomic E-state index is -0.669. The zero-order valence-electron chi connectivity index (χ0n) is 16.2. The van der Waals surface area contributed by atoms with E-state index in [0.717, 1.165) is 16.2 Å². The fourth-order valence-electron chi connectivity index (χ4n) is 2.73. The van der Waals surface area contributed by atoms with Gasteiger partial charge in [-0.3, -0.25) is 19.3 Å². The maximum Gasteiger partial charge on any atom is 0.326 e. The van der Waals surface area contributed by atoms with Gasteiger partial charge in [-0.2, -0.15) is 0 Å². The third kappa shape index (κ3) is 5.93. The Balaban J connectivity index is 1.82. The van der Waals surface area contributed by atoms with E-state index in [-0.39, 0.29) is 31.4 Å². The number of amides is 2. The molecule has 2 amide bonds. The molecule has 9 heteroatoms. The Bertz CT molecular complexity index is 968. The number of nitrogens with one attached hydrogen (secondary N) is 1. The van der Waals surface area contributed by atoms with Gasteiger partial charge in [0.05, 0.1) is 12.3 Å². The number of nitrogens with zero attached hydrogens (tertiary/aromatic N) is 2. The van der Waals surface area contributed by atoms with Crippen molar-refractivity contribution in [1.29, 1.82) is 0 Å². The second kappa shape index (κ2) is 10.4. The second-order valence-electron chi connectivity index (χ2n) is 6.33. The molecule has 3 rings (SSSR count). The van der Waals surface area contributed by atoms with E-state index in [0.29, 0.717) is 16.5 Å². The van der Waals surface area contributed by atoms with E-state index in [1.165, 1.54) is 4.90 Å². The van der Waals surface area contributed by atoms with Gasteiger partial charge in [0.2, 0.25) is 11.8 Å². The van der Waals surface area contributed by atoms with Gasteiger partial charge in [0.15, 0.2) is 5.17 Å². The number of ether oxygens (including phenoxy) is 1. The molecule has 0 aromatic heterocycles. The lowest BCUT2D eigenvalue weighted by Gasteiger charge is -2.31. The summed E-state index contributed by atoms with van der Waals surface area (Å²) in [5.41, 5.74) is 1.24. The summed E-state index contributed by atoms with van der Waals surface area (Å²) in [6.45, 7) is 1.67. The molecule has 1 fully saturated rings. The summed E-state index contributed by atoms with van der Waals surface area (Å²) in [7, 11) is 0. The molecular formula is C21H20BrN3O4S. The molecule has 1 atom stereocenters. The molecule has 0 saturated carbocycles. The summed E-state index contributed by atoms with van der Waals surface area (Å²) in [4.78, 5) is 43.3. The minimum absolute atomic E-state index is 0.0439. The lowest BCUT2D eigenvalue weighted by molar-refractivity contribution is -0.146. The highest BCUT2D eigenvalue weighted by Gasteiger charge is 2.37. The topological polar surface area (TPSA) is 88.1 Å². The zero-order valence-corrected chi connectivity index (χ0v) is 18.6. The molecule has 1 saturated heterocycles. The van der Waals surface area contributed by atoms with Crippen LogP contribution in [-0.2, 0) is 19.1 Å². The van der Waals surface area contributed by atoms with E-state index in [4.69, 9.17) is 4.74 Å². The number of hydrogen-bond acceptors (Lipinski definition) is 6. The fraction of sp³-hybridized carbons (Fsp3) is 0.238. The van der Waals surface area contributed by atoms with Crippen molar-refractivity contribution < 1.29 is 19.1 Å². The number of halogens is 1. The van der Waals surface area contributed by atoms with Gasteiger partial charge in [-0.15, -0.1) is 0 Å². The molecule has 156 valence electrons. The molecular weight excluding hydrogens is 470 g/mol. The first-order chi connectivity index (χ1) is 14.5. The van der Waals surface area contributed by atoms with Crippen molar-refractivity contribution in [2.24, 2.45) is 4.99 Å². The van der Waals surface area contributed by atoms with Gasteiger partial charge in [-0.05, 0) is 37.3 Å². The average molecular weight is 490 g/mol. The van der Waals surface area contributed by atoms with Crippen LogP contribution in [-0.4, -0.2) is 46.3 Å². The maximum absolute atomic E-state index is 12.8. The van der Waals surface area contributed by atoms with Gasteiger partial charge in [-0.1, -0.05) is 52.0 Å². The summed E-state index contributed by atoms with van der Waals surface area (Å²) < 4.78 is 5.81. The van der Waals surface area contributed by atoms with E-state index in [1.807, 2.05) is 30.3 Å². The first-order valence-electron chi connectivity index (χ1n) is 9.29. The molecule has 1 unspecified atom stereocenters. The van der Waals surface area contributed by atoms with Crippen LogP contribution in [0.25, 0.3) is 0 Å². The van der Waals surface area contributed by atoms with Crippen molar-refractivity contribution in [3.63, 3.8) is 0 Å². The van der Waals surface area contributed by atoms with E-state index in [2.05, 4.69) is 26.2 Å². The Hall–Kier alpha value is -2.65. The van der Waals surface area contributed by atoms with Gasteiger partial charge < -0.3 is 10.1 Å². The number of thioether (sulfide) groups is 1. The molecule has 7 nitrogen and oxygen atoms in total. The molecule has 0 spiro atoms.